The number of rotatable bonds is 10. The molecule has 0 aliphatic heterocycles. The van der Waals surface area contributed by atoms with Crippen LogP contribution in [0.4, 0.5) is 0 Å². The van der Waals surface area contributed by atoms with Gasteiger partial charge in [0.1, 0.15) is 17.3 Å². The standard InChI is InChI=1S/C26H27NO7/c1-5-32-23(29)16-33-20-12-10-18(11-13-20)22(28)14-21(25(31)34-26(2,3)4)24(30)19-8-6-17(15-27)7-9-19/h6-13,21H,5,14,16H2,1-4H3. The number of nitriles is 1. The topological polar surface area (TPSA) is 120 Å². The zero-order chi connectivity index (χ0) is 25.3. The summed E-state index contributed by atoms with van der Waals surface area (Å²) in [5, 5.41) is 8.96. The molecule has 0 amide bonds. The number of ketones is 2. The van der Waals surface area contributed by atoms with Crippen molar-refractivity contribution in [2.75, 3.05) is 13.2 Å². The summed E-state index contributed by atoms with van der Waals surface area (Å²) in [6.45, 7) is 6.69. The van der Waals surface area contributed by atoms with Gasteiger partial charge in [0.15, 0.2) is 18.2 Å². The fraction of sp³-hybridized carbons (Fsp3) is 0.346. The number of carbonyl (C=O) groups is 4. The van der Waals surface area contributed by atoms with Crippen LogP contribution in [0.1, 0.15) is 60.4 Å². The second-order valence-corrected chi connectivity index (χ2v) is 8.38. The van der Waals surface area contributed by atoms with Gasteiger partial charge >= 0.3 is 11.9 Å². The number of esters is 2. The summed E-state index contributed by atoms with van der Waals surface area (Å²) in [6.07, 6.45) is -0.392. The van der Waals surface area contributed by atoms with Gasteiger partial charge in [-0.05, 0) is 64.1 Å². The Labute approximate surface area is 198 Å². The van der Waals surface area contributed by atoms with Gasteiger partial charge in [-0.2, -0.15) is 5.26 Å². The van der Waals surface area contributed by atoms with Crippen LogP contribution >= 0.6 is 0 Å². The van der Waals surface area contributed by atoms with Crippen molar-refractivity contribution in [1.82, 2.24) is 0 Å². The highest BCUT2D eigenvalue weighted by Crippen LogP contribution is 2.22. The van der Waals surface area contributed by atoms with Crippen LogP contribution in [-0.4, -0.2) is 42.3 Å². The van der Waals surface area contributed by atoms with Crippen molar-refractivity contribution in [3.05, 3.63) is 65.2 Å². The van der Waals surface area contributed by atoms with Gasteiger partial charge in [-0.15, -0.1) is 0 Å². The van der Waals surface area contributed by atoms with Gasteiger partial charge in [0.2, 0.25) is 0 Å². The molecule has 2 aromatic carbocycles. The molecule has 8 heteroatoms. The first kappa shape index (κ1) is 26.3. The van der Waals surface area contributed by atoms with E-state index in [-0.39, 0.29) is 24.3 Å². The lowest BCUT2D eigenvalue weighted by molar-refractivity contribution is -0.158. The van der Waals surface area contributed by atoms with Crippen LogP contribution in [0, 0.1) is 17.2 Å². The van der Waals surface area contributed by atoms with E-state index in [1.54, 1.807) is 27.7 Å². The Bertz CT molecular complexity index is 1070. The van der Waals surface area contributed by atoms with Gasteiger partial charge in [-0.3, -0.25) is 14.4 Å². The number of ether oxygens (including phenoxy) is 3. The largest absolute Gasteiger partial charge is 0.482 e. The normalized spacial score (nSPS) is 11.6. The average molecular weight is 466 g/mol. The molecule has 0 aliphatic carbocycles. The highest BCUT2D eigenvalue weighted by atomic mass is 16.6. The van der Waals surface area contributed by atoms with Crippen molar-refractivity contribution in [3.63, 3.8) is 0 Å². The van der Waals surface area contributed by atoms with Crippen LogP contribution in [0.5, 0.6) is 5.75 Å². The van der Waals surface area contributed by atoms with E-state index in [1.807, 2.05) is 6.07 Å². The Morgan fingerprint density at radius 2 is 1.53 bits per heavy atom. The Morgan fingerprint density at radius 1 is 0.941 bits per heavy atom. The quantitative estimate of drug-likeness (QED) is 0.294. The molecule has 1 unspecified atom stereocenters. The van der Waals surface area contributed by atoms with E-state index in [9.17, 15) is 19.2 Å². The predicted octanol–water partition coefficient (Wildman–Crippen LogP) is 3.91. The summed E-state index contributed by atoms with van der Waals surface area (Å²) in [5.41, 5.74) is -0.0110. The lowest BCUT2D eigenvalue weighted by atomic mass is 9.90. The monoisotopic (exact) mass is 465 g/mol. The SMILES string of the molecule is CCOC(=O)COc1ccc(C(=O)CC(C(=O)OC(C)(C)C)C(=O)c2ccc(C#N)cc2)cc1. The third-order valence-electron chi connectivity index (χ3n) is 4.53. The summed E-state index contributed by atoms with van der Waals surface area (Å²) in [7, 11) is 0. The minimum absolute atomic E-state index is 0.199. The second-order valence-electron chi connectivity index (χ2n) is 8.38. The van der Waals surface area contributed by atoms with E-state index in [4.69, 9.17) is 19.5 Å². The van der Waals surface area contributed by atoms with Crippen molar-refractivity contribution in [2.24, 2.45) is 5.92 Å². The van der Waals surface area contributed by atoms with Crippen molar-refractivity contribution in [3.8, 4) is 11.8 Å². The van der Waals surface area contributed by atoms with Gasteiger partial charge in [-0.25, -0.2) is 4.79 Å². The summed E-state index contributed by atoms with van der Waals surface area (Å²) < 4.78 is 15.5. The van der Waals surface area contributed by atoms with Crippen LogP contribution in [-0.2, 0) is 19.1 Å². The van der Waals surface area contributed by atoms with E-state index in [0.29, 0.717) is 11.3 Å². The molecular weight excluding hydrogens is 438 g/mol. The van der Waals surface area contributed by atoms with Crippen molar-refractivity contribution in [2.45, 2.75) is 39.7 Å². The molecule has 0 radical (unpaired) electrons. The van der Waals surface area contributed by atoms with Crippen molar-refractivity contribution in [1.29, 1.82) is 5.26 Å². The van der Waals surface area contributed by atoms with Gasteiger partial charge in [0.25, 0.3) is 0 Å². The molecule has 34 heavy (non-hydrogen) atoms. The van der Waals surface area contributed by atoms with Crippen LogP contribution in [0.2, 0.25) is 0 Å². The average Bonchev–Trinajstić information content (AvgIpc) is 2.80. The molecule has 0 N–H and O–H groups in total. The van der Waals surface area contributed by atoms with Gasteiger partial charge in [-0.1, -0.05) is 12.1 Å². The van der Waals surface area contributed by atoms with E-state index in [0.717, 1.165) is 0 Å². The zero-order valence-corrected chi connectivity index (χ0v) is 19.6. The Hall–Kier alpha value is -3.99. The lowest BCUT2D eigenvalue weighted by Gasteiger charge is -2.23. The van der Waals surface area contributed by atoms with Crippen LogP contribution in [0.25, 0.3) is 0 Å². The van der Waals surface area contributed by atoms with E-state index in [2.05, 4.69) is 0 Å². The minimum Gasteiger partial charge on any atom is -0.482 e. The second kappa shape index (κ2) is 11.8. The molecule has 178 valence electrons. The molecule has 0 aromatic heterocycles. The maximum Gasteiger partial charge on any atom is 0.344 e. The third kappa shape index (κ3) is 7.85. The van der Waals surface area contributed by atoms with E-state index >= 15 is 0 Å². The Morgan fingerprint density at radius 3 is 2.06 bits per heavy atom. The summed E-state index contributed by atoms with van der Waals surface area (Å²) >= 11 is 0. The number of hydrogen-bond donors (Lipinski definition) is 0. The number of nitrogens with zero attached hydrogens (tertiary/aromatic N) is 1. The molecule has 0 saturated heterocycles. The smallest absolute Gasteiger partial charge is 0.344 e. The van der Waals surface area contributed by atoms with Crippen LogP contribution in [0.15, 0.2) is 48.5 Å². The molecule has 2 aromatic rings. The van der Waals surface area contributed by atoms with Gasteiger partial charge in [0.05, 0.1) is 18.2 Å². The molecule has 8 nitrogen and oxygen atoms in total. The predicted molar refractivity (Wildman–Crippen MR) is 122 cm³/mol. The van der Waals surface area contributed by atoms with Crippen LogP contribution in [0.3, 0.4) is 0 Å². The highest BCUT2D eigenvalue weighted by Gasteiger charge is 2.34. The molecule has 0 spiro atoms. The van der Waals surface area contributed by atoms with Gasteiger partial charge < -0.3 is 14.2 Å². The number of Topliss-reactive ketones (excluding diaryl/α,β-unsaturated/α-hetero) is 2. The molecule has 0 bridgehead atoms. The fourth-order valence-corrected chi connectivity index (χ4v) is 2.95. The molecule has 0 fully saturated rings. The van der Waals surface area contributed by atoms with E-state index in [1.165, 1.54) is 48.5 Å². The highest BCUT2D eigenvalue weighted by molar-refractivity contribution is 6.12. The number of hydrogen-bond acceptors (Lipinski definition) is 8. The maximum absolute atomic E-state index is 13.1. The zero-order valence-electron chi connectivity index (χ0n) is 19.6. The number of benzene rings is 2. The Kier molecular flexibility index (Phi) is 9.08. The maximum atomic E-state index is 13.1. The lowest BCUT2D eigenvalue weighted by Crippen LogP contribution is -2.34. The molecule has 2 rings (SSSR count). The molecular formula is C26H27NO7. The molecule has 0 heterocycles. The minimum atomic E-state index is -1.35. The molecule has 0 aliphatic rings. The van der Waals surface area contributed by atoms with Crippen molar-refractivity contribution >= 4 is 23.5 Å². The first-order chi connectivity index (χ1) is 16.0. The summed E-state index contributed by atoms with van der Waals surface area (Å²) in [4.78, 5) is 50.2. The molecule has 0 saturated carbocycles. The Balaban J connectivity index is 2.18. The molecule has 1 atom stereocenters. The van der Waals surface area contributed by atoms with E-state index < -0.39 is 41.4 Å². The van der Waals surface area contributed by atoms with Crippen molar-refractivity contribution < 1.29 is 33.4 Å². The van der Waals surface area contributed by atoms with Crippen LogP contribution < -0.4 is 4.74 Å². The third-order valence-corrected chi connectivity index (χ3v) is 4.53. The number of carbonyl (C=O) groups excluding carboxylic acids is 4. The van der Waals surface area contributed by atoms with Gasteiger partial charge in [0, 0.05) is 17.5 Å². The summed E-state index contributed by atoms with van der Waals surface area (Å²) in [5.74, 6) is -3.30. The fourth-order valence-electron chi connectivity index (χ4n) is 2.95. The summed E-state index contributed by atoms with van der Waals surface area (Å²) in [6, 6.07) is 13.8. The first-order valence-electron chi connectivity index (χ1n) is 10.7. The first-order valence-corrected chi connectivity index (χ1v) is 10.7.